The first-order valence-electron chi connectivity index (χ1n) is 4.17. The molecule has 0 atom stereocenters. The van der Waals surface area contributed by atoms with Crippen molar-refractivity contribution >= 4 is 0 Å². The van der Waals surface area contributed by atoms with E-state index in [4.69, 9.17) is 10.2 Å². The number of aromatic hydroxyl groups is 2. The van der Waals surface area contributed by atoms with E-state index in [0.29, 0.717) is 0 Å². The number of benzene rings is 2. The van der Waals surface area contributed by atoms with Gasteiger partial charge in [-0.2, -0.15) is 35.4 Å². The Bertz CT molecular complexity index is 380. The molecule has 0 saturated heterocycles. The van der Waals surface area contributed by atoms with E-state index >= 15 is 0 Å². The average molecular weight is 262 g/mol. The van der Waals surface area contributed by atoms with Crippen LogP contribution in [-0.2, 0) is 0 Å². The van der Waals surface area contributed by atoms with Crippen LogP contribution in [0.25, 0.3) is 11.1 Å². The molecule has 2 nitrogen and oxygen atoms in total. The molecule has 0 fully saturated rings. The molecule has 0 aliphatic carbocycles. The largest absolute Gasteiger partial charge is 1.00 e. The molecule has 0 aliphatic rings. The predicted molar refractivity (Wildman–Crippen MR) is 52.9 cm³/mol. The molecule has 4 heteroatoms. The Labute approximate surface area is 180 Å². The SMILES string of the molecule is Oc1[c-]cc(-c2c[c-]c(O)cc2)cc1.[K+].[K+]. The van der Waals surface area contributed by atoms with Crippen LogP contribution in [0.15, 0.2) is 36.4 Å². The quantitative estimate of drug-likeness (QED) is 0.411. The summed E-state index contributed by atoms with van der Waals surface area (Å²) in [4.78, 5) is 0. The minimum atomic E-state index is 0. The van der Waals surface area contributed by atoms with Crippen LogP contribution in [0.3, 0.4) is 0 Å². The van der Waals surface area contributed by atoms with Crippen LogP contribution in [0.5, 0.6) is 11.5 Å². The van der Waals surface area contributed by atoms with Crippen molar-refractivity contribution in [3.05, 3.63) is 48.5 Å². The Balaban J connectivity index is 0.00000112. The van der Waals surface area contributed by atoms with Crippen molar-refractivity contribution in [2.45, 2.75) is 0 Å². The Kier molecular flexibility index (Phi) is 9.11. The van der Waals surface area contributed by atoms with Crippen LogP contribution >= 0.6 is 0 Å². The molecule has 2 aromatic carbocycles. The fourth-order valence-electron chi connectivity index (χ4n) is 1.19. The maximum atomic E-state index is 9.04. The van der Waals surface area contributed by atoms with E-state index < -0.39 is 0 Å². The molecule has 0 spiro atoms. The Morgan fingerprint density at radius 1 is 0.688 bits per heavy atom. The van der Waals surface area contributed by atoms with Gasteiger partial charge in [-0.05, 0) is 0 Å². The second-order valence-corrected chi connectivity index (χ2v) is 2.93. The number of hydrogen-bond donors (Lipinski definition) is 2. The third-order valence-corrected chi connectivity index (χ3v) is 1.93. The molecule has 0 bridgehead atoms. The summed E-state index contributed by atoms with van der Waals surface area (Å²) in [5.74, 6) is 0.244. The summed E-state index contributed by atoms with van der Waals surface area (Å²) in [6, 6.07) is 15.5. The second kappa shape index (κ2) is 8.42. The third-order valence-electron chi connectivity index (χ3n) is 1.93. The summed E-state index contributed by atoms with van der Waals surface area (Å²) in [5, 5.41) is 18.1. The first kappa shape index (κ1) is 17.3. The zero-order valence-corrected chi connectivity index (χ0v) is 15.6. The molecule has 2 rings (SSSR count). The van der Waals surface area contributed by atoms with Crippen molar-refractivity contribution in [1.82, 2.24) is 0 Å². The van der Waals surface area contributed by atoms with Crippen molar-refractivity contribution in [1.29, 1.82) is 0 Å². The molecule has 70 valence electrons. The van der Waals surface area contributed by atoms with E-state index in [-0.39, 0.29) is 114 Å². The van der Waals surface area contributed by atoms with Gasteiger partial charge in [0, 0.05) is 11.5 Å². The molecule has 16 heavy (non-hydrogen) atoms. The Morgan fingerprint density at radius 2 is 1.06 bits per heavy atom. The number of rotatable bonds is 1. The van der Waals surface area contributed by atoms with Gasteiger partial charge in [0.2, 0.25) is 0 Å². The van der Waals surface area contributed by atoms with Gasteiger partial charge in [-0.15, -0.1) is 24.3 Å². The molecule has 0 aromatic heterocycles. The third kappa shape index (κ3) is 4.90. The van der Waals surface area contributed by atoms with Gasteiger partial charge in [0.1, 0.15) is 0 Å². The topological polar surface area (TPSA) is 40.5 Å². The molecule has 0 heterocycles. The van der Waals surface area contributed by atoms with Gasteiger partial charge in [0.25, 0.3) is 0 Å². The molecule has 0 radical (unpaired) electrons. The van der Waals surface area contributed by atoms with E-state index in [1.807, 2.05) is 0 Å². The van der Waals surface area contributed by atoms with E-state index in [0.717, 1.165) is 11.1 Å². The number of phenolic OH excluding ortho intramolecular Hbond substituents is 2. The molecule has 2 aromatic rings. The van der Waals surface area contributed by atoms with Crippen LogP contribution in [0, 0.1) is 12.1 Å². The van der Waals surface area contributed by atoms with Crippen LogP contribution in [0.1, 0.15) is 0 Å². The van der Waals surface area contributed by atoms with Crippen molar-refractivity contribution in [2.24, 2.45) is 0 Å². The van der Waals surface area contributed by atoms with Gasteiger partial charge < -0.3 is 10.2 Å². The Morgan fingerprint density at radius 3 is 1.31 bits per heavy atom. The van der Waals surface area contributed by atoms with Gasteiger partial charge in [-0.25, -0.2) is 0 Å². The van der Waals surface area contributed by atoms with Crippen molar-refractivity contribution in [3.8, 4) is 22.6 Å². The summed E-state index contributed by atoms with van der Waals surface area (Å²) >= 11 is 0. The average Bonchev–Trinajstić information content (AvgIpc) is 2.21. The van der Waals surface area contributed by atoms with Crippen molar-refractivity contribution in [2.75, 3.05) is 0 Å². The van der Waals surface area contributed by atoms with Crippen LogP contribution in [0.2, 0.25) is 0 Å². The van der Waals surface area contributed by atoms with E-state index in [9.17, 15) is 0 Å². The number of phenols is 2. The normalized spacial score (nSPS) is 8.75. The zero-order valence-electron chi connectivity index (χ0n) is 9.36. The van der Waals surface area contributed by atoms with Gasteiger partial charge in [0.15, 0.2) is 0 Å². The second-order valence-electron chi connectivity index (χ2n) is 2.93. The van der Waals surface area contributed by atoms with Crippen LogP contribution in [-0.4, -0.2) is 10.2 Å². The molecule has 0 amide bonds. The summed E-state index contributed by atoms with van der Waals surface area (Å²) in [5.41, 5.74) is 1.86. The molecular weight excluding hydrogens is 254 g/mol. The maximum absolute atomic E-state index is 9.04. The van der Waals surface area contributed by atoms with Crippen molar-refractivity contribution in [3.63, 3.8) is 0 Å². The summed E-state index contributed by atoms with van der Waals surface area (Å²) in [6.45, 7) is 0. The van der Waals surface area contributed by atoms with Crippen molar-refractivity contribution < 1.29 is 113 Å². The molecule has 0 unspecified atom stereocenters. The summed E-state index contributed by atoms with van der Waals surface area (Å²) in [6.07, 6.45) is 0. The van der Waals surface area contributed by atoms with E-state index in [1.54, 1.807) is 36.4 Å². The molecule has 2 N–H and O–H groups in total. The number of hydrogen-bond acceptors (Lipinski definition) is 2. The summed E-state index contributed by atoms with van der Waals surface area (Å²) in [7, 11) is 0. The molecule has 0 saturated carbocycles. The first-order valence-corrected chi connectivity index (χ1v) is 4.17. The first-order chi connectivity index (χ1) is 6.75. The Hall–Kier alpha value is 1.31. The van der Waals surface area contributed by atoms with Gasteiger partial charge in [0.05, 0.1) is 0 Å². The molecule has 0 aliphatic heterocycles. The monoisotopic (exact) mass is 262 g/mol. The fraction of sp³-hybridized carbons (Fsp3) is 0. The fourth-order valence-corrected chi connectivity index (χ4v) is 1.19. The predicted octanol–water partition coefficient (Wildman–Crippen LogP) is -3.63. The maximum Gasteiger partial charge on any atom is 1.00 e. The van der Waals surface area contributed by atoms with Crippen LogP contribution in [0.4, 0.5) is 0 Å². The smallest absolute Gasteiger partial charge is 0.534 e. The van der Waals surface area contributed by atoms with Gasteiger partial charge in [-0.1, -0.05) is 0 Å². The molecular formula is C12H8K2O2. The van der Waals surface area contributed by atoms with Crippen LogP contribution < -0.4 is 103 Å². The van der Waals surface area contributed by atoms with E-state index in [2.05, 4.69) is 12.1 Å². The minimum absolute atomic E-state index is 0. The zero-order chi connectivity index (χ0) is 9.97. The standard InChI is InChI=1S/C12H8O2.2K/c13-11-5-1-9(2-6-11)10-3-7-12(14)8-4-10;;/h1-5,7,13-14H;;/q-2;2*+1. The minimum Gasteiger partial charge on any atom is -0.534 e. The van der Waals surface area contributed by atoms with Gasteiger partial charge in [-0.3, -0.25) is 0 Å². The van der Waals surface area contributed by atoms with Gasteiger partial charge >= 0.3 is 103 Å². The van der Waals surface area contributed by atoms with E-state index in [1.165, 1.54) is 0 Å². The summed E-state index contributed by atoms with van der Waals surface area (Å²) < 4.78 is 0.